The molecule has 0 spiro atoms. The van der Waals surface area contributed by atoms with Crippen molar-refractivity contribution in [2.75, 3.05) is 6.61 Å². The van der Waals surface area contributed by atoms with Crippen molar-refractivity contribution in [3.63, 3.8) is 0 Å². The molecule has 0 radical (unpaired) electrons. The van der Waals surface area contributed by atoms with E-state index in [1.165, 1.54) is 0 Å². The van der Waals surface area contributed by atoms with Crippen LogP contribution in [0.3, 0.4) is 0 Å². The maximum absolute atomic E-state index is 8.46. The fraction of sp³-hybridized carbons (Fsp3) is 0.333. The molecule has 0 saturated heterocycles. The van der Waals surface area contributed by atoms with Gasteiger partial charge in [0.25, 0.3) is 0 Å². The first-order valence-electron chi connectivity index (χ1n) is 2.77. The quantitative estimate of drug-likeness (QED) is 0.763. The van der Waals surface area contributed by atoms with Crippen LogP contribution in [0.25, 0.3) is 0 Å². The molecule has 56 valence electrons. The monoisotopic (exact) mass is 256 g/mol. The van der Waals surface area contributed by atoms with Gasteiger partial charge in [-0.1, -0.05) is 24.3 Å². The van der Waals surface area contributed by atoms with E-state index in [9.17, 15) is 0 Å². The van der Waals surface area contributed by atoms with Gasteiger partial charge < -0.3 is 5.11 Å². The molecule has 0 atom stereocenters. The number of aliphatic hydroxyl groups is 1. The first-order chi connectivity index (χ1) is 4.85. The molecule has 1 rings (SSSR count). The van der Waals surface area contributed by atoms with Crippen LogP contribution in [0.5, 0.6) is 0 Å². The van der Waals surface area contributed by atoms with Crippen LogP contribution in [0.15, 0.2) is 24.3 Å². The summed E-state index contributed by atoms with van der Waals surface area (Å²) in [5.74, 6) is 0.292. The summed E-state index contributed by atoms with van der Waals surface area (Å²) in [5, 5.41) is 8.46. The molecule has 0 aliphatic heterocycles. The topological polar surface area (TPSA) is 20.2 Å². The van der Waals surface area contributed by atoms with Gasteiger partial charge in [-0.25, -0.2) is 0 Å². The number of hydrogen-bond donors (Lipinski definition) is 1. The molecule has 1 aliphatic rings. The van der Waals surface area contributed by atoms with Crippen molar-refractivity contribution in [2.24, 2.45) is 5.92 Å². The van der Waals surface area contributed by atoms with Gasteiger partial charge in [-0.05, 0) is 0 Å². The van der Waals surface area contributed by atoms with Gasteiger partial charge >= 0.3 is 37.9 Å². The Hall–Kier alpha value is 0.903. The Morgan fingerprint density at radius 1 is 1.30 bits per heavy atom. The molecule has 1 aliphatic carbocycles. The van der Waals surface area contributed by atoms with Gasteiger partial charge in [-0.15, -0.1) is 0 Å². The summed E-state index contributed by atoms with van der Waals surface area (Å²) in [6.45, 7) is 0.243. The summed E-state index contributed by atoms with van der Waals surface area (Å²) in [5.41, 5.74) is 0. The third-order valence-electron chi connectivity index (χ3n) is 1.04. The molecule has 0 aromatic carbocycles. The van der Waals surface area contributed by atoms with Gasteiger partial charge in [-0.3, -0.25) is 0 Å². The van der Waals surface area contributed by atoms with Crippen LogP contribution < -0.4 is 0 Å². The van der Waals surface area contributed by atoms with Crippen molar-refractivity contribution in [1.29, 1.82) is 0 Å². The average molecular weight is 258 g/mol. The predicted molar refractivity (Wildman–Crippen MR) is 40.6 cm³/mol. The van der Waals surface area contributed by atoms with Gasteiger partial charge in [0.2, 0.25) is 0 Å². The van der Waals surface area contributed by atoms with E-state index in [0.717, 1.165) is 0 Å². The Balaban J connectivity index is 0.000000236. The summed E-state index contributed by atoms with van der Waals surface area (Å²) < 4.78 is 0. The van der Waals surface area contributed by atoms with Gasteiger partial charge in [0, 0.05) is 5.92 Å². The van der Waals surface area contributed by atoms with Crippen molar-refractivity contribution in [2.45, 2.75) is 0 Å². The van der Waals surface area contributed by atoms with Crippen LogP contribution in [0.1, 0.15) is 0 Å². The summed E-state index contributed by atoms with van der Waals surface area (Å²) in [7, 11) is 9.87. The summed E-state index contributed by atoms with van der Waals surface area (Å²) in [6.07, 6.45) is 7.84. The maximum atomic E-state index is 8.46. The third kappa shape index (κ3) is 5.67. The van der Waals surface area contributed by atoms with Crippen molar-refractivity contribution >= 4 is 17.0 Å². The molecule has 0 aromatic heterocycles. The Kier molecular flexibility index (Phi) is 8.73. The zero-order valence-electron chi connectivity index (χ0n) is 5.30. The van der Waals surface area contributed by atoms with Gasteiger partial charge in [-0.2, -0.15) is 0 Å². The summed E-state index contributed by atoms with van der Waals surface area (Å²) in [6, 6.07) is 0. The van der Waals surface area contributed by atoms with Crippen LogP contribution >= 0.6 is 17.0 Å². The fourth-order valence-corrected chi connectivity index (χ4v) is 0.600. The number of hydrogen-bond acceptors (Lipinski definition) is 1. The molecular formula is C6H8Cl2OZr. The van der Waals surface area contributed by atoms with Crippen LogP contribution in [-0.2, 0) is 20.8 Å². The zero-order chi connectivity index (χ0) is 7.82. The molecule has 0 bridgehead atoms. The minimum atomic E-state index is -0.826. The summed E-state index contributed by atoms with van der Waals surface area (Å²) in [4.78, 5) is 0. The average Bonchev–Trinajstić information content (AvgIpc) is 2.39. The van der Waals surface area contributed by atoms with Crippen molar-refractivity contribution in [3.05, 3.63) is 24.3 Å². The molecule has 0 unspecified atom stereocenters. The Labute approximate surface area is 79.4 Å². The van der Waals surface area contributed by atoms with E-state index in [0.29, 0.717) is 5.92 Å². The van der Waals surface area contributed by atoms with Crippen LogP contribution in [0.2, 0.25) is 0 Å². The molecule has 4 heteroatoms. The van der Waals surface area contributed by atoms with E-state index in [1.807, 2.05) is 24.3 Å². The Bertz CT molecular complexity index is 113. The SMILES string of the molecule is OCC1C=CC=C1.[Cl][Zr][Cl]. The number of rotatable bonds is 1. The normalized spacial score (nSPS) is 14.7. The Morgan fingerprint density at radius 3 is 1.90 bits per heavy atom. The molecule has 1 N–H and O–H groups in total. The molecule has 0 aromatic rings. The van der Waals surface area contributed by atoms with Gasteiger partial charge in [0.15, 0.2) is 0 Å². The molecule has 0 fully saturated rings. The van der Waals surface area contributed by atoms with E-state index in [-0.39, 0.29) is 6.61 Å². The second-order valence-corrected chi connectivity index (χ2v) is 5.42. The van der Waals surface area contributed by atoms with Crippen molar-refractivity contribution in [1.82, 2.24) is 0 Å². The second-order valence-electron chi connectivity index (χ2n) is 1.69. The van der Waals surface area contributed by atoms with E-state index < -0.39 is 20.8 Å². The molecular weight excluding hydrogens is 250 g/mol. The van der Waals surface area contributed by atoms with E-state index >= 15 is 0 Å². The van der Waals surface area contributed by atoms with E-state index in [2.05, 4.69) is 0 Å². The zero-order valence-corrected chi connectivity index (χ0v) is 9.27. The Morgan fingerprint density at radius 2 is 1.70 bits per heavy atom. The van der Waals surface area contributed by atoms with E-state index in [1.54, 1.807) is 0 Å². The van der Waals surface area contributed by atoms with Crippen molar-refractivity contribution in [3.8, 4) is 0 Å². The van der Waals surface area contributed by atoms with Gasteiger partial charge in [0.1, 0.15) is 0 Å². The third-order valence-corrected chi connectivity index (χ3v) is 1.04. The first kappa shape index (κ1) is 10.9. The second kappa shape index (κ2) is 8.00. The summed E-state index contributed by atoms with van der Waals surface area (Å²) >= 11 is -0.826. The van der Waals surface area contributed by atoms with Crippen LogP contribution in [0, 0.1) is 5.92 Å². The van der Waals surface area contributed by atoms with Crippen LogP contribution in [0.4, 0.5) is 0 Å². The standard InChI is InChI=1S/C6H8O.2ClH.Zr/c7-5-6-3-1-2-4-6;;;/h1-4,6-7H,5H2;2*1H;/q;;;+2/p-2. The number of aliphatic hydroxyl groups excluding tert-OH is 1. The molecule has 0 heterocycles. The number of halogens is 2. The number of allylic oxidation sites excluding steroid dienone is 2. The fourth-order valence-electron chi connectivity index (χ4n) is 0.600. The van der Waals surface area contributed by atoms with Crippen molar-refractivity contribution < 1.29 is 26.0 Å². The molecule has 10 heavy (non-hydrogen) atoms. The van der Waals surface area contributed by atoms with Crippen LogP contribution in [-0.4, -0.2) is 11.7 Å². The van der Waals surface area contributed by atoms with Gasteiger partial charge in [0.05, 0.1) is 6.61 Å². The molecule has 1 nitrogen and oxygen atoms in total. The predicted octanol–water partition coefficient (Wildman–Crippen LogP) is 2.10. The molecule has 0 saturated carbocycles. The first-order valence-corrected chi connectivity index (χ1v) is 9.10. The molecule has 0 amide bonds. The van der Waals surface area contributed by atoms with E-state index in [4.69, 9.17) is 22.1 Å². The minimum absolute atomic E-state index is 0.243.